The van der Waals surface area contributed by atoms with Crippen molar-refractivity contribution in [3.63, 3.8) is 0 Å². The maximum atomic E-state index is 12.9. The lowest BCUT2D eigenvalue weighted by atomic mass is 10.2. The summed E-state index contributed by atoms with van der Waals surface area (Å²) >= 11 is 0. The maximum absolute atomic E-state index is 12.9. The monoisotopic (exact) mass is 390 g/mol. The summed E-state index contributed by atoms with van der Waals surface area (Å²) in [7, 11) is -2.49. The molecule has 27 heavy (non-hydrogen) atoms. The molecule has 1 aliphatic heterocycles. The fraction of sp³-hybridized carbons (Fsp3) is 0.316. The molecule has 3 rings (SSSR count). The summed E-state index contributed by atoms with van der Waals surface area (Å²) in [5.74, 6) is -0.316. The number of hydrogen-bond donors (Lipinski definition) is 2. The Hall–Kier alpha value is -2.58. The van der Waals surface area contributed by atoms with E-state index in [1.807, 2.05) is 12.1 Å². The predicted molar refractivity (Wildman–Crippen MR) is 101 cm³/mol. The van der Waals surface area contributed by atoms with Crippen molar-refractivity contribution in [2.24, 2.45) is 0 Å². The number of aromatic hydroxyl groups is 1. The number of rotatable bonds is 6. The molecule has 0 aromatic heterocycles. The Bertz CT molecular complexity index is 895. The number of carbonyl (C=O) groups is 1. The van der Waals surface area contributed by atoms with Crippen LogP contribution in [-0.2, 0) is 26.1 Å². The summed E-state index contributed by atoms with van der Waals surface area (Å²) < 4.78 is 31.7. The van der Waals surface area contributed by atoms with E-state index >= 15 is 0 Å². The molecule has 0 saturated carbocycles. The van der Waals surface area contributed by atoms with Crippen LogP contribution >= 0.6 is 0 Å². The van der Waals surface area contributed by atoms with E-state index in [9.17, 15) is 18.3 Å². The summed E-state index contributed by atoms with van der Waals surface area (Å²) in [6, 6.07) is 12.5. The summed E-state index contributed by atoms with van der Waals surface area (Å²) in [6.07, 6.45) is 1.10. The van der Waals surface area contributed by atoms with Gasteiger partial charge in [-0.2, -0.15) is 4.31 Å². The Kier molecular flexibility index (Phi) is 5.67. The molecule has 1 aliphatic rings. The van der Waals surface area contributed by atoms with Crippen molar-refractivity contribution >= 4 is 21.7 Å². The number of anilines is 1. The van der Waals surface area contributed by atoms with Crippen molar-refractivity contribution in [1.82, 2.24) is 4.31 Å². The van der Waals surface area contributed by atoms with E-state index < -0.39 is 22.0 Å². The molecule has 0 spiro atoms. The van der Waals surface area contributed by atoms with E-state index in [1.54, 1.807) is 24.3 Å². The topological polar surface area (TPSA) is 95.9 Å². The number of phenols is 1. The van der Waals surface area contributed by atoms with Crippen LogP contribution in [-0.4, -0.2) is 43.5 Å². The number of methoxy groups -OCH3 is 1. The van der Waals surface area contributed by atoms with E-state index in [0.29, 0.717) is 25.9 Å². The van der Waals surface area contributed by atoms with E-state index in [-0.39, 0.29) is 10.6 Å². The zero-order chi connectivity index (χ0) is 19.4. The fourth-order valence-corrected chi connectivity index (χ4v) is 4.74. The van der Waals surface area contributed by atoms with Crippen LogP contribution < -0.4 is 5.32 Å². The third kappa shape index (κ3) is 4.23. The van der Waals surface area contributed by atoms with Gasteiger partial charge in [-0.15, -0.1) is 0 Å². The van der Waals surface area contributed by atoms with Crippen molar-refractivity contribution in [2.75, 3.05) is 19.0 Å². The van der Waals surface area contributed by atoms with Crippen LogP contribution in [0.3, 0.4) is 0 Å². The highest BCUT2D eigenvalue weighted by atomic mass is 32.2. The van der Waals surface area contributed by atoms with Crippen molar-refractivity contribution in [2.45, 2.75) is 30.3 Å². The molecule has 2 N–H and O–H groups in total. The normalized spacial score (nSPS) is 17.6. The van der Waals surface area contributed by atoms with Gasteiger partial charge in [0.05, 0.1) is 12.0 Å². The minimum atomic E-state index is -3.75. The Morgan fingerprint density at radius 2 is 1.85 bits per heavy atom. The van der Waals surface area contributed by atoms with Gasteiger partial charge in [-0.1, -0.05) is 12.1 Å². The molecule has 7 nitrogen and oxygen atoms in total. The second-order valence-electron chi connectivity index (χ2n) is 6.34. The smallest absolute Gasteiger partial charge is 0.324 e. The Morgan fingerprint density at radius 1 is 1.19 bits per heavy atom. The molecule has 2 aromatic rings. The number of phenolic OH excluding ortho intramolecular Hbond substituents is 1. The first-order valence-electron chi connectivity index (χ1n) is 8.63. The largest absolute Gasteiger partial charge is 0.508 e. The first-order chi connectivity index (χ1) is 12.9. The molecule has 1 heterocycles. The van der Waals surface area contributed by atoms with Crippen LogP contribution in [0.5, 0.6) is 5.75 Å². The van der Waals surface area contributed by atoms with Crippen molar-refractivity contribution < 1.29 is 23.1 Å². The van der Waals surface area contributed by atoms with Gasteiger partial charge in [0.1, 0.15) is 11.8 Å². The van der Waals surface area contributed by atoms with Crippen molar-refractivity contribution in [3.8, 4) is 5.75 Å². The highest BCUT2D eigenvalue weighted by Gasteiger charge is 2.40. The zero-order valence-corrected chi connectivity index (χ0v) is 15.8. The maximum Gasteiger partial charge on any atom is 0.324 e. The number of nitrogens with zero attached hydrogens (tertiary/aromatic N) is 1. The summed E-state index contributed by atoms with van der Waals surface area (Å²) in [5, 5.41) is 12.5. The van der Waals surface area contributed by atoms with Crippen molar-refractivity contribution in [3.05, 3.63) is 54.1 Å². The number of carbonyl (C=O) groups excluding carboxylic acids is 1. The minimum absolute atomic E-state index is 0.147. The molecule has 0 bridgehead atoms. The second-order valence-corrected chi connectivity index (χ2v) is 8.23. The molecule has 0 aliphatic carbocycles. The molecule has 1 fully saturated rings. The number of ether oxygens (including phenoxy) is 1. The van der Waals surface area contributed by atoms with Gasteiger partial charge in [0.25, 0.3) is 0 Å². The highest BCUT2D eigenvalue weighted by Crippen LogP contribution is 2.27. The van der Waals surface area contributed by atoms with Crippen LogP contribution in [0.4, 0.5) is 5.69 Å². The number of hydrogen-bond acceptors (Lipinski definition) is 6. The number of esters is 1. The summed E-state index contributed by atoms with van der Waals surface area (Å²) in [4.78, 5) is 12.0. The van der Waals surface area contributed by atoms with Gasteiger partial charge in [0, 0.05) is 18.8 Å². The van der Waals surface area contributed by atoms with E-state index in [0.717, 1.165) is 11.3 Å². The van der Waals surface area contributed by atoms with Crippen LogP contribution in [0, 0.1) is 0 Å². The Morgan fingerprint density at radius 3 is 2.48 bits per heavy atom. The molecule has 1 atom stereocenters. The van der Waals surface area contributed by atoms with Gasteiger partial charge in [-0.3, -0.25) is 4.79 Å². The first-order valence-corrected chi connectivity index (χ1v) is 10.1. The molecular weight excluding hydrogens is 368 g/mol. The number of nitrogens with one attached hydrogen (secondary N) is 1. The summed E-state index contributed by atoms with van der Waals surface area (Å²) in [5.41, 5.74) is 1.76. The quantitative estimate of drug-likeness (QED) is 0.735. The lowest BCUT2D eigenvalue weighted by Crippen LogP contribution is -2.41. The lowest BCUT2D eigenvalue weighted by Gasteiger charge is -2.22. The molecule has 1 saturated heterocycles. The number of benzene rings is 2. The standard InChI is InChI=1S/C19H22N2O5S/c1-26-19(23)18-3-2-12-21(18)27(24,25)17-10-6-15(7-11-17)20-13-14-4-8-16(22)9-5-14/h4-11,18,20,22H,2-3,12-13H2,1H3/t18-/m0/s1. The molecule has 0 radical (unpaired) electrons. The van der Waals surface area contributed by atoms with Gasteiger partial charge < -0.3 is 15.2 Å². The lowest BCUT2D eigenvalue weighted by molar-refractivity contribution is -0.144. The Balaban J connectivity index is 1.70. The van der Waals surface area contributed by atoms with Gasteiger partial charge in [-0.25, -0.2) is 8.42 Å². The van der Waals surface area contributed by atoms with Crippen molar-refractivity contribution in [1.29, 1.82) is 0 Å². The highest BCUT2D eigenvalue weighted by molar-refractivity contribution is 7.89. The van der Waals surface area contributed by atoms with E-state index in [4.69, 9.17) is 4.74 Å². The zero-order valence-electron chi connectivity index (χ0n) is 15.0. The van der Waals surface area contributed by atoms with Gasteiger partial charge >= 0.3 is 5.97 Å². The van der Waals surface area contributed by atoms with Gasteiger partial charge in [-0.05, 0) is 54.8 Å². The van der Waals surface area contributed by atoms with Gasteiger partial charge in [0.2, 0.25) is 10.0 Å². The minimum Gasteiger partial charge on any atom is -0.508 e. The molecule has 2 aromatic carbocycles. The van der Waals surface area contributed by atoms with Gasteiger partial charge in [0.15, 0.2) is 0 Å². The molecule has 8 heteroatoms. The molecule has 0 unspecified atom stereocenters. The second kappa shape index (κ2) is 7.98. The molecular formula is C19H22N2O5S. The SMILES string of the molecule is COC(=O)[C@@H]1CCCN1S(=O)(=O)c1ccc(NCc2ccc(O)cc2)cc1. The molecule has 0 amide bonds. The molecule has 144 valence electrons. The Labute approximate surface area is 158 Å². The first kappa shape index (κ1) is 19.2. The fourth-order valence-electron chi connectivity index (χ4n) is 3.10. The van der Waals surface area contributed by atoms with Crippen LogP contribution in [0.25, 0.3) is 0 Å². The summed E-state index contributed by atoms with van der Waals surface area (Å²) in [6.45, 7) is 0.853. The van der Waals surface area contributed by atoms with Crippen LogP contribution in [0.15, 0.2) is 53.4 Å². The average molecular weight is 390 g/mol. The third-order valence-corrected chi connectivity index (χ3v) is 6.49. The van der Waals surface area contributed by atoms with Crippen LogP contribution in [0.1, 0.15) is 18.4 Å². The van der Waals surface area contributed by atoms with Crippen LogP contribution in [0.2, 0.25) is 0 Å². The predicted octanol–water partition coefficient (Wildman–Crippen LogP) is 2.33. The van der Waals surface area contributed by atoms with E-state index in [2.05, 4.69) is 5.32 Å². The van der Waals surface area contributed by atoms with E-state index in [1.165, 1.54) is 23.5 Å². The average Bonchev–Trinajstić information content (AvgIpc) is 3.18. The number of sulfonamides is 1. The third-order valence-electron chi connectivity index (χ3n) is 4.57.